The van der Waals surface area contributed by atoms with Crippen LogP contribution in [0.25, 0.3) is 0 Å². The van der Waals surface area contributed by atoms with Gasteiger partial charge in [-0.05, 0) is 273 Å². The highest BCUT2D eigenvalue weighted by Crippen LogP contribution is 2.46. The Hall–Kier alpha value is -5.17. The second-order valence-corrected chi connectivity index (χ2v) is 46.0. The highest BCUT2D eigenvalue weighted by atomic mass is 16.5. The van der Waals surface area contributed by atoms with Crippen LogP contribution in [0.1, 0.15) is 446 Å². The van der Waals surface area contributed by atoms with Gasteiger partial charge >= 0.3 is 11.9 Å². The van der Waals surface area contributed by atoms with E-state index in [-0.39, 0.29) is 52.4 Å². The molecule has 0 aromatic carbocycles. The van der Waals surface area contributed by atoms with E-state index >= 15 is 0 Å². The fourth-order valence-electron chi connectivity index (χ4n) is 21.8. The molecule has 0 bridgehead atoms. The lowest BCUT2D eigenvalue weighted by molar-refractivity contribution is -0.692. The van der Waals surface area contributed by atoms with Crippen LogP contribution in [0.15, 0.2) is 6.33 Å². The predicted octanol–water partition coefficient (Wildman–Crippen LogP) is 22.5. The molecule has 5 aliphatic rings. The summed E-state index contributed by atoms with van der Waals surface area (Å²) in [6, 6.07) is 0.722. The maximum Gasteiger partial charge on any atom is 0.375 e. The number of piperidine rings is 5. The molecule has 0 aliphatic carbocycles. The van der Waals surface area contributed by atoms with E-state index in [9.17, 15) is 26.0 Å². The third kappa shape index (κ3) is 32.2. The molecule has 3 aromatic rings. The molecule has 8 heterocycles. The summed E-state index contributed by atoms with van der Waals surface area (Å²) in [5, 5.41) is 73.2. The summed E-state index contributed by atoms with van der Waals surface area (Å²) >= 11 is 0. The Bertz CT molecular complexity index is 3550. The fraction of sp³-hybridized carbons (Fsp3) is 0.912. The van der Waals surface area contributed by atoms with Crippen LogP contribution in [0.2, 0.25) is 0 Å². The van der Waals surface area contributed by atoms with Gasteiger partial charge in [-0.25, -0.2) is 0 Å². The number of nitrogens with zero attached hydrogens (tertiary/aromatic N) is 21. The van der Waals surface area contributed by atoms with Gasteiger partial charge < -0.3 is 61.2 Å². The van der Waals surface area contributed by atoms with Crippen LogP contribution in [0.5, 0.6) is 0 Å². The van der Waals surface area contributed by atoms with E-state index < -0.39 is 33.2 Å². The van der Waals surface area contributed by atoms with Gasteiger partial charge in [0.05, 0.1) is 19.1 Å². The largest absolute Gasteiger partial charge is 0.375 e. The molecule has 752 valence electrons. The van der Waals surface area contributed by atoms with Crippen molar-refractivity contribution in [1.29, 1.82) is 0 Å². The van der Waals surface area contributed by atoms with E-state index in [2.05, 4.69) is 271 Å². The number of hydrogen-bond acceptors (Lipinski definition) is 27. The Morgan fingerprint density at radius 2 is 0.508 bits per heavy atom. The molecular formula is C102H200N23O5+. The molecular weight excluding hydrogens is 1630 g/mol. The average Bonchev–Trinajstić information content (AvgIpc) is 0.762. The van der Waals surface area contributed by atoms with Gasteiger partial charge in [-0.3, -0.25) is 9.91 Å². The summed E-state index contributed by atoms with van der Waals surface area (Å²) in [4.78, 5) is 56.0. The van der Waals surface area contributed by atoms with E-state index in [4.69, 9.17) is 39.9 Å². The van der Waals surface area contributed by atoms with Crippen LogP contribution in [-0.2, 0) is 0 Å². The Morgan fingerprint density at radius 3 is 0.808 bits per heavy atom. The van der Waals surface area contributed by atoms with Crippen molar-refractivity contribution in [2.45, 2.75) is 531 Å². The first kappa shape index (κ1) is 114. The number of nitrogens with one attached hydrogen (secondary N) is 2. The third-order valence-electron chi connectivity index (χ3n) is 28.4. The van der Waals surface area contributed by atoms with Gasteiger partial charge in [-0.1, -0.05) is 182 Å². The molecule has 0 atom stereocenters. The minimum Gasteiger partial charge on any atom is -0.351 e. The molecule has 7 N–H and O–H groups in total. The first-order valence-corrected chi connectivity index (χ1v) is 52.6. The highest BCUT2D eigenvalue weighted by molar-refractivity contribution is 5.49. The first-order chi connectivity index (χ1) is 61.0. The molecule has 0 radical (unpaired) electrons. The van der Waals surface area contributed by atoms with Gasteiger partial charge in [0.25, 0.3) is 0 Å². The third-order valence-corrected chi connectivity index (χ3v) is 28.4. The maximum atomic E-state index is 11.3. The van der Waals surface area contributed by atoms with E-state index in [0.717, 1.165) is 288 Å². The van der Waals surface area contributed by atoms with Gasteiger partial charge in [0.2, 0.25) is 42.0 Å². The number of rotatable bonds is 51. The lowest BCUT2D eigenvalue weighted by atomic mass is 9.78. The number of aromatic nitrogens is 9. The average molecular weight is 1830 g/mol. The van der Waals surface area contributed by atoms with Crippen molar-refractivity contribution in [3.05, 3.63) is 6.33 Å². The monoisotopic (exact) mass is 1830 g/mol. The smallest absolute Gasteiger partial charge is 0.351 e. The van der Waals surface area contributed by atoms with Crippen LogP contribution in [-0.4, -0.2) is 249 Å². The predicted molar refractivity (Wildman–Crippen MR) is 542 cm³/mol. The molecule has 28 heteroatoms. The molecule has 28 nitrogen and oxygen atoms in total. The van der Waals surface area contributed by atoms with E-state index in [1.807, 2.05) is 0 Å². The number of hydrogen-bond donors (Lipinski definition) is 7. The van der Waals surface area contributed by atoms with Crippen molar-refractivity contribution in [1.82, 2.24) is 65.2 Å². The van der Waals surface area contributed by atoms with Crippen molar-refractivity contribution in [3.63, 3.8) is 0 Å². The summed E-state index contributed by atoms with van der Waals surface area (Å²) in [5.41, 5.74) is -3.88. The standard InChI is InChI=1S/C40H77N9O3.C34H68N7O.C28H55N7O/c1-15-17-19-20-22-46(31-27-39(11,12)49(52)40(13,14)28-31)34-43-32(41-29-23-35(3,4)47(50)36(5,6)24-29)42-33(44-34)45(21-18-16-2)30-25-37(7,8)48(51)38(9,10)26-30;1-10-15-20-21-26-39(30-27-33(6,7)41(42)34(8,9)28-30)40-29-35-31(37(22-16-11-2)23-17-12-3)36-32(40)38(24-18-13-4)25-19-14-5;1-9-13-17-33(18-14-10-2)25-30-24(29-23-21-27(5,6)35(36)28(7,8)22-23)31-26(32-25)34(19-15-11-3)20-16-12-4/h29-31,50-52H,15-28H2,1-14H3,(H,41,42,43,44);29-30,42H,10-28H2,1-9H3;23,36H,9-22H2,1-8H3,(H,29,30,31,32)/q;+1;. The Balaban J connectivity index is 0.000000306. The fourth-order valence-corrected chi connectivity index (χ4v) is 21.8. The Morgan fingerprint density at radius 1 is 0.269 bits per heavy atom. The topological polar surface area (TPSA) is 271 Å². The van der Waals surface area contributed by atoms with E-state index in [0.29, 0.717) is 23.8 Å². The molecule has 5 aliphatic heterocycles. The second-order valence-electron chi connectivity index (χ2n) is 46.0. The van der Waals surface area contributed by atoms with Crippen LogP contribution < -0.4 is 49.7 Å². The number of hydroxylamine groups is 10. The van der Waals surface area contributed by atoms with Gasteiger partial charge in [0.1, 0.15) is 0 Å². The van der Waals surface area contributed by atoms with Gasteiger partial charge in [-0.15, -0.1) is 4.68 Å². The SMILES string of the molecule is CCCCCCN(C1CC(C)(C)N(O)C(C)(C)C1)[n+]1cnc(N(CCCC)CCCC)nc1N(CCCC)CCCC.CCCCCCN(c1nc(NC2CC(C)(C)N(O)C(C)(C)C2)nc(N(CCCC)C2CC(C)(C)N(O)C(C)(C)C2)n1)C1CC(C)(C)N(O)C(C)(C)C1.CCCCN(CCCC)c1nc(NC2CC(C)(C)N(O)C(C)(C)C2)nc(N(CCCC)CCCC)n1. The van der Waals surface area contributed by atoms with E-state index in [1.165, 1.54) is 48.7 Å². The highest BCUT2D eigenvalue weighted by Gasteiger charge is 2.53. The number of anilines is 8. The summed E-state index contributed by atoms with van der Waals surface area (Å²) in [5.74, 6) is 6.09. The summed E-state index contributed by atoms with van der Waals surface area (Å²) in [6.07, 6.45) is 39.8. The van der Waals surface area contributed by atoms with Crippen molar-refractivity contribution in [3.8, 4) is 0 Å². The molecule has 0 spiro atoms. The molecule has 0 amide bonds. The van der Waals surface area contributed by atoms with Gasteiger partial charge in [0, 0.05) is 138 Å². The summed E-state index contributed by atoms with van der Waals surface area (Å²) in [6.45, 7) is 77.7. The maximum absolute atomic E-state index is 11.3. The van der Waals surface area contributed by atoms with Crippen molar-refractivity contribution >= 4 is 47.6 Å². The molecule has 0 unspecified atom stereocenters. The van der Waals surface area contributed by atoms with Crippen LogP contribution >= 0.6 is 0 Å². The number of unbranched alkanes of at least 4 members (excludes halogenated alkanes) is 15. The van der Waals surface area contributed by atoms with Gasteiger partial charge in [0.15, 0.2) is 0 Å². The van der Waals surface area contributed by atoms with Gasteiger partial charge in [-0.2, -0.15) is 55.2 Å². The van der Waals surface area contributed by atoms with Crippen LogP contribution in [0.3, 0.4) is 0 Å². The zero-order chi connectivity index (χ0) is 97.0. The van der Waals surface area contributed by atoms with Crippen molar-refractivity contribution < 1.29 is 30.7 Å². The minimum absolute atomic E-state index is 0.0459. The minimum atomic E-state index is -0.429. The second kappa shape index (κ2) is 51.3. The van der Waals surface area contributed by atoms with Crippen LogP contribution in [0.4, 0.5) is 47.6 Å². The lowest BCUT2D eigenvalue weighted by Crippen LogP contribution is -2.71. The molecule has 0 saturated carbocycles. The van der Waals surface area contributed by atoms with E-state index in [1.54, 1.807) is 15.2 Å². The van der Waals surface area contributed by atoms with Crippen molar-refractivity contribution in [2.24, 2.45) is 0 Å². The summed E-state index contributed by atoms with van der Waals surface area (Å²) in [7, 11) is 0. The Kier molecular flexibility index (Phi) is 44.8. The molecule has 5 fully saturated rings. The zero-order valence-corrected chi connectivity index (χ0v) is 89.3. The first-order valence-electron chi connectivity index (χ1n) is 52.6. The molecule has 5 saturated heterocycles. The normalized spacial score (nSPS) is 20.5. The van der Waals surface area contributed by atoms with Crippen molar-refractivity contribution in [2.75, 3.05) is 117 Å². The lowest BCUT2D eigenvalue weighted by Gasteiger charge is -2.54. The molecule has 3 aromatic heterocycles. The quantitative estimate of drug-likeness (QED) is 0.0204. The summed E-state index contributed by atoms with van der Waals surface area (Å²) < 4.78 is 2.32. The Labute approximate surface area is 794 Å². The zero-order valence-electron chi connectivity index (χ0n) is 89.3. The van der Waals surface area contributed by atoms with Crippen LogP contribution in [0, 0.1) is 0 Å². The molecule has 130 heavy (non-hydrogen) atoms. The molecule has 8 rings (SSSR count).